The molecule has 0 atom stereocenters. The SMILES string of the molecule is CC(C)(C)COc1ccc(-c2cc(C3=C(c4cc(-c5ccc(OCC(C)(C)C)cc5)sc4-c4ccc(OCC(C)(C)C)cc4)C(F)(F)C(F)(F)C3(F)F)c(-c3ccc(OCC(C)(C)C)cc3)s2)cc1. The third kappa shape index (κ3) is 11.7. The molecule has 2 heterocycles. The Morgan fingerprint density at radius 2 is 0.594 bits per heavy atom. The van der Waals surface area contributed by atoms with Crippen LogP contribution >= 0.6 is 22.7 Å². The number of hydrogen-bond acceptors (Lipinski definition) is 6. The van der Waals surface area contributed by atoms with Crippen molar-refractivity contribution in [2.24, 2.45) is 21.7 Å². The van der Waals surface area contributed by atoms with Crippen LogP contribution in [0.2, 0.25) is 0 Å². The average Bonchev–Trinajstić information content (AvgIpc) is 3.92. The van der Waals surface area contributed by atoms with E-state index in [9.17, 15) is 0 Å². The van der Waals surface area contributed by atoms with Crippen LogP contribution in [0.3, 0.4) is 0 Å². The van der Waals surface area contributed by atoms with Crippen molar-refractivity contribution in [3.63, 3.8) is 0 Å². The lowest BCUT2D eigenvalue weighted by Gasteiger charge is -2.26. The van der Waals surface area contributed by atoms with Crippen LogP contribution in [0.1, 0.15) is 94.2 Å². The molecule has 0 N–H and O–H groups in total. The first kappa shape index (κ1) is 51.6. The molecule has 0 bridgehead atoms. The zero-order valence-electron chi connectivity index (χ0n) is 41.4. The van der Waals surface area contributed by atoms with Crippen LogP contribution in [0.15, 0.2) is 109 Å². The van der Waals surface area contributed by atoms with Gasteiger partial charge in [0.15, 0.2) is 0 Å². The van der Waals surface area contributed by atoms with Crippen molar-refractivity contribution in [2.75, 3.05) is 26.4 Å². The fraction of sp³-hybridized carbons (Fsp3) is 0.404. The summed E-state index contributed by atoms with van der Waals surface area (Å²) in [5, 5.41) is 0. The van der Waals surface area contributed by atoms with Gasteiger partial charge >= 0.3 is 17.8 Å². The van der Waals surface area contributed by atoms with Crippen molar-refractivity contribution in [1.29, 1.82) is 0 Å². The van der Waals surface area contributed by atoms with E-state index in [4.69, 9.17) is 18.9 Å². The van der Waals surface area contributed by atoms with E-state index in [1.165, 1.54) is 12.1 Å². The van der Waals surface area contributed by atoms with Crippen LogP contribution in [0.25, 0.3) is 52.9 Å². The lowest BCUT2D eigenvalue weighted by molar-refractivity contribution is -0.254. The average molecular weight is 989 g/mol. The van der Waals surface area contributed by atoms with E-state index in [1.807, 2.05) is 83.1 Å². The Bertz CT molecular complexity index is 2570. The first-order valence-electron chi connectivity index (χ1n) is 23.0. The van der Waals surface area contributed by atoms with Crippen molar-refractivity contribution in [3.8, 4) is 64.8 Å². The first-order chi connectivity index (χ1) is 31.9. The standard InChI is InChI=1S/C57H62F6O4S2/c1-51(2,3)31-64-39-21-13-35(14-22-39)45-29-43(49(68-45)37-17-25-41(26-18-37)66-33-53(7,8)9)47-48(56(60,61)57(62,63)55(47,58)59)44-30-46(36-15-23-40(24-16-36)65-32-52(4,5)6)69-50(44)38-19-27-42(28-20-38)67-34-54(10,11)12/h13-30H,31-34H2,1-12H3. The highest BCUT2D eigenvalue weighted by atomic mass is 32.1. The highest BCUT2D eigenvalue weighted by Crippen LogP contribution is 2.67. The summed E-state index contributed by atoms with van der Waals surface area (Å²) in [7, 11) is 0. The zero-order valence-corrected chi connectivity index (χ0v) is 43.1. The molecular formula is C57H62F6O4S2. The predicted octanol–water partition coefficient (Wildman–Crippen LogP) is 18.0. The monoisotopic (exact) mass is 988 g/mol. The summed E-state index contributed by atoms with van der Waals surface area (Å²) in [5.74, 6) is -14.3. The van der Waals surface area contributed by atoms with Gasteiger partial charge in [0, 0.05) is 41.8 Å². The number of thiophene rings is 2. The van der Waals surface area contributed by atoms with Crippen LogP contribution in [0.5, 0.6) is 23.0 Å². The molecule has 12 heteroatoms. The van der Waals surface area contributed by atoms with E-state index in [-0.39, 0.29) is 31.4 Å². The van der Waals surface area contributed by atoms with Crippen LogP contribution in [-0.4, -0.2) is 44.2 Å². The summed E-state index contributed by atoms with van der Waals surface area (Å²) < 4.78 is 125. The van der Waals surface area contributed by atoms with Gasteiger partial charge in [-0.05, 0) is 153 Å². The molecule has 0 fully saturated rings. The topological polar surface area (TPSA) is 36.9 Å². The molecule has 0 unspecified atom stereocenters. The second-order valence-electron chi connectivity index (χ2n) is 22.7. The second-order valence-corrected chi connectivity index (χ2v) is 24.8. The van der Waals surface area contributed by atoms with Crippen LogP contribution < -0.4 is 18.9 Å². The molecule has 7 rings (SSSR count). The molecular weight excluding hydrogens is 927 g/mol. The molecule has 0 spiro atoms. The van der Waals surface area contributed by atoms with Crippen molar-refractivity contribution in [1.82, 2.24) is 0 Å². The first-order valence-corrected chi connectivity index (χ1v) is 24.7. The van der Waals surface area contributed by atoms with E-state index in [0.717, 1.165) is 22.7 Å². The number of halogens is 6. The Kier molecular flexibility index (Phi) is 14.1. The number of allylic oxidation sites excluding steroid dienone is 2. The summed E-state index contributed by atoms with van der Waals surface area (Å²) in [6, 6.07) is 29.8. The van der Waals surface area contributed by atoms with Gasteiger partial charge in [0.1, 0.15) is 23.0 Å². The van der Waals surface area contributed by atoms with Gasteiger partial charge in [-0.25, -0.2) is 0 Å². The Labute approximate surface area is 411 Å². The summed E-state index contributed by atoms with van der Waals surface area (Å²) in [4.78, 5) is 1.04. The van der Waals surface area contributed by atoms with Crippen LogP contribution in [-0.2, 0) is 0 Å². The van der Waals surface area contributed by atoms with Crippen molar-refractivity contribution in [2.45, 2.75) is 101 Å². The third-order valence-electron chi connectivity index (χ3n) is 10.9. The summed E-state index contributed by atoms with van der Waals surface area (Å²) >= 11 is 2.11. The number of rotatable bonds is 14. The molecule has 368 valence electrons. The van der Waals surface area contributed by atoms with Gasteiger partial charge in [0.25, 0.3) is 0 Å². The molecule has 0 saturated heterocycles. The number of hydrogen-bond donors (Lipinski definition) is 0. The molecule has 6 aromatic rings. The molecule has 2 aromatic heterocycles. The van der Waals surface area contributed by atoms with Gasteiger partial charge in [-0.15, -0.1) is 22.7 Å². The van der Waals surface area contributed by atoms with Gasteiger partial charge in [0.05, 0.1) is 26.4 Å². The Balaban J connectivity index is 1.45. The Morgan fingerprint density at radius 1 is 0.362 bits per heavy atom. The maximum Gasteiger partial charge on any atom is 0.380 e. The van der Waals surface area contributed by atoms with Crippen molar-refractivity contribution < 1.29 is 45.3 Å². The lowest BCUT2D eigenvalue weighted by Crippen LogP contribution is -2.48. The van der Waals surface area contributed by atoms with Gasteiger partial charge in [-0.2, -0.15) is 26.3 Å². The van der Waals surface area contributed by atoms with Gasteiger partial charge < -0.3 is 18.9 Å². The molecule has 0 aliphatic heterocycles. The molecule has 0 saturated carbocycles. The molecule has 1 aliphatic rings. The molecule has 1 aliphatic carbocycles. The quantitative estimate of drug-likeness (QED) is 0.102. The minimum Gasteiger partial charge on any atom is -0.493 e. The predicted molar refractivity (Wildman–Crippen MR) is 272 cm³/mol. The minimum absolute atomic E-state index is 0.115. The summed E-state index contributed by atoms with van der Waals surface area (Å²) in [6.45, 7) is 26.0. The van der Waals surface area contributed by atoms with Gasteiger partial charge in [0.2, 0.25) is 0 Å². The van der Waals surface area contributed by atoms with E-state index in [2.05, 4.69) is 0 Å². The maximum absolute atomic E-state index is 17.1. The van der Waals surface area contributed by atoms with E-state index >= 15 is 26.3 Å². The normalized spacial score (nSPS) is 15.9. The second kappa shape index (κ2) is 18.9. The minimum atomic E-state index is -5.81. The van der Waals surface area contributed by atoms with Crippen LogP contribution in [0.4, 0.5) is 26.3 Å². The Hall–Kier alpha value is -5.20. The fourth-order valence-corrected chi connectivity index (χ4v) is 9.69. The number of benzene rings is 4. The lowest BCUT2D eigenvalue weighted by atomic mass is 9.92. The fourth-order valence-electron chi connectivity index (χ4n) is 7.33. The largest absolute Gasteiger partial charge is 0.493 e. The molecule has 4 nitrogen and oxygen atoms in total. The summed E-state index contributed by atoms with van der Waals surface area (Å²) in [6.07, 6.45) is 0. The van der Waals surface area contributed by atoms with E-state index < -0.39 is 40.0 Å². The van der Waals surface area contributed by atoms with E-state index in [1.54, 1.807) is 97.1 Å². The maximum atomic E-state index is 17.1. The molecule has 69 heavy (non-hydrogen) atoms. The van der Waals surface area contributed by atoms with Gasteiger partial charge in [-0.1, -0.05) is 83.1 Å². The third-order valence-corrected chi connectivity index (χ3v) is 13.3. The number of ether oxygens (including phenoxy) is 4. The highest BCUT2D eigenvalue weighted by molar-refractivity contribution is 7.19. The number of alkyl halides is 6. The Morgan fingerprint density at radius 3 is 0.826 bits per heavy atom. The van der Waals surface area contributed by atoms with Crippen molar-refractivity contribution in [3.05, 3.63) is 120 Å². The van der Waals surface area contributed by atoms with E-state index in [0.29, 0.717) is 81.4 Å². The zero-order chi connectivity index (χ0) is 50.5. The molecule has 4 aromatic carbocycles. The van der Waals surface area contributed by atoms with Crippen molar-refractivity contribution >= 4 is 33.8 Å². The summed E-state index contributed by atoms with van der Waals surface area (Å²) in [5.41, 5.74) is -2.44. The molecule has 0 radical (unpaired) electrons. The molecule has 0 amide bonds. The van der Waals surface area contributed by atoms with Gasteiger partial charge in [-0.3, -0.25) is 0 Å². The smallest absolute Gasteiger partial charge is 0.380 e. The van der Waals surface area contributed by atoms with Crippen LogP contribution in [0, 0.1) is 21.7 Å². The highest BCUT2D eigenvalue weighted by Gasteiger charge is 2.80.